The molecule has 3 N–H and O–H groups in total. The number of hydrogen-bond acceptors (Lipinski definition) is 3. The second kappa shape index (κ2) is 4.58. The van der Waals surface area contributed by atoms with Gasteiger partial charge >= 0.3 is 5.97 Å². The average Bonchev–Trinajstić information content (AvgIpc) is 2.80. The lowest BCUT2D eigenvalue weighted by atomic mass is 10.0. The van der Waals surface area contributed by atoms with Crippen molar-refractivity contribution < 1.29 is 15.0 Å². The van der Waals surface area contributed by atoms with Gasteiger partial charge in [-0.05, 0) is 24.7 Å². The van der Waals surface area contributed by atoms with E-state index < -0.39 is 5.97 Å². The van der Waals surface area contributed by atoms with Gasteiger partial charge in [-0.2, -0.15) is 0 Å². The number of rotatable bonds is 7. The molecule has 1 fully saturated rings. The van der Waals surface area contributed by atoms with Crippen LogP contribution in [0.4, 0.5) is 0 Å². The lowest BCUT2D eigenvalue weighted by Gasteiger charge is -2.13. The second-order valence-electron chi connectivity index (χ2n) is 3.79. The van der Waals surface area contributed by atoms with E-state index in [4.69, 9.17) is 10.2 Å². The Kier molecular flexibility index (Phi) is 3.69. The van der Waals surface area contributed by atoms with Crippen LogP contribution >= 0.6 is 0 Å². The van der Waals surface area contributed by atoms with E-state index in [1.807, 2.05) is 0 Å². The zero-order chi connectivity index (χ0) is 9.73. The van der Waals surface area contributed by atoms with Crippen LogP contribution in [-0.4, -0.2) is 35.9 Å². The molecule has 0 unspecified atom stereocenters. The third-order valence-electron chi connectivity index (χ3n) is 2.61. The summed E-state index contributed by atoms with van der Waals surface area (Å²) >= 11 is 0. The van der Waals surface area contributed by atoms with E-state index in [1.54, 1.807) is 0 Å². The molecular weight excluding hydrogens is 170 g/mol. The van der Waals surface area contributed by atoms with E-state index in [0.29, 0.717) is 6.54 Å². The maximum atomic E-state index is 10.2. The van der Waals surface area contributed by atoms with Crippen molar-refractivity contribution >= 4 is 5.97 Å². The van der Waals surface area contributed by atoms with Gasteiger partial charge in [0.2, 0.25) is 0 Å². The average molecular weight is 187 g/mol. The summed E-state index contributed by atoms with van der Waals surface area (Å²) in [6.45, 7) is 1.62. The van der Waals surface area contributed by atoms with Crippen LogP contribution in [0.5, 0.6) is 0 Å². The molecule has 1 aliphatic carbocycles. The molecule has 76 valence electrons. The summed E-state index contributed by atoms with van der Waals surface area (Å²) < 4.78 is 0. The second-order valence-corrected chi connectivity index (χ2v) is 3.79. The van der Waals surface area contributed by atoms with Gasteiger partial charge < -0.3 is 15.5 Å². The van der Waals surface area contributed by atoms with Gasteiger partial charge in [-0.3, -0.25) is 4.79 Å². The van der Waals surface area contributed by atoms with Crippen molar-refractivity contribution in [2.75, 3.05) is 19.7 Å². The van der Waals surface area contributed by atoms with Gasteiger partial charge in [0.15, 0.2) is 0 Å². The highest BCUT2D eigenvalue weighted by Crippen LogP contribution is 2.47. The summed E-state index contributed by atoms with van der Waals surface area (Å²) in [5, 5.41) is 20.3. The van der Waals surface area contributed by atoms with Crippen LogP contribution < -0.4 is 5.32 Å². The number of nitrogens with one attached hydrogen (secondary N) is 1. The van der Waals surface area contributed by atoms with Crippen LogP contribution in [0.25, 0.3) is 0 Å². The molecule has 0 aromatic carbocycles. The molecule has 1 saturated carbocycles. The Balaban J connectivity index is 2.02. The standard InChI is InChI=1S/C9H17NO3/c11-6-4-9(2-3-9)7-10-5-1-8(12)13/h10-11H,1-7H2,(H,12,13). The van der Waals surface area contributed by atoms with Gasteiger partial charge in [0, 0.05) is 19.7 Å². The number of carboxylic acids is 1. The quantitative estimate of drug-likeness (QED) is 0.498. The Morgan fingerprint density at radius 3 is 2.62 bits per heavy atom. The van der Waals surface area contributed by atoms with E-state index in [-0.39, 0.29) is 18.4 Å². The van der Waals surface area contributed by atoms with Crippen molar-refractivity contribution in [3.05, 3.63) is 0 Å². The summed E-state index contributed by atoms with van der Waals surface area (Å²) in [6.07, 6.45) is 3.34. The van der Waals surface area contributed by atoms with Gasteiger partial charge in [-0.1, -0.05) is 0 Å². The minimum Gasteiger partial charge on any atom is -0.481 e. The molecule has 0 bridgehead atoms. The lowest BCUT2D eigenvalue weighted by Crippen LogP contribution is -2.26. The molecule has 0 aliphatic heterocycles. The van der Waals surface area contributed by atoms with Crippen molar-refractivity contribution in [2.45, 2.75) is 25.7 Å². The number of aliphatic hydroxyl groups is 1. The van der Waals surface area contributed by atoms with Crippen LogP contribution in [0.15, 0.2) is 0 Å². The molecule has 0 radical (unpaired) electrons. The number of hydrogen-bond donors (Lipinski definition) is 3. The normalized spacial score (nSPS) is 18.5. The van der Waals surface area contributed by atoms with Crippen molar-refractivity contribution in [1.29, 1.82) is 0 Å². The molecule has 0 saturated heterocycles. The minimum atomic E-state index is -0.764. The first-order chi connectivity index (χ1) is 6.18. The van der Waals surface area contributed by atoms with Crippen molar-refractivity contribution in [2.24, 2.45) is 5.41 Å². The fourth-order valence-electron chi connectivity index (χ4n) is 1.48. The van der Waals surface area contributed by atoms with E-state index in [0.717, 1.165) is 25.8 Å². The zero-order valence-corrected chi connectivity index (χ0v) is 7.75. The van der Waals surface area contributed by atoms with Gasteiger partial charge in [0.05, 0.1) is 6.42 Å². The van der Waals surface area contributed by atoms with E-state index in [1.165, 1.54) is 0 Å². The van der Waals surface area contributed by atoms with E-state index >= 15 is 0 Å². The Hall–Kier alpha value is -0.610. The largest absolute Gasteiger partial charge is 0.481 e. The molecule has 13 heavy (non-hydrogen) atoms. The van der Waals surface area contributed by atoms with Gasteiger partial charge in [-0.25, -0.2) is 0 Å². The first-order valence-corrected chi connectivity index (χ1v) is 4.72. The molecule has 0 aromatic rings. The molecule has 0 heterocycles. The van der Waals surface area contributed by atoms with Crippen molar-refractivity contribution in [3.63, 3.8) is 0 Å². The van der Waals surface area contributed by atoms with E-state index in [2.05, 4.69) is 5.32 Å². The molecule has 1 aliphatic rings. The van der Waals surface area contributed by atoms with Gasteiger partial charge in [0.25, 0.3) is 0 Å². The molecular formula is C9H17NO3. The van der Waals surface area contributed by atoms with Gasteiger partial charge in [0.1, 0.15) is 0 Å². The summed E-state index contributed by atoms with van der Waals surface area (Å²) in [7, 11) is 0. The fourth-order valence-corrected chi connectivity index (χ4v) is 1.48. The molecule has 0 aromatic heterocycles. The number of aliphatic hydroxyl groups excluding tert-OH is 1. The van der Waals surface area contributed by atoms with E-state index in [9.17, 15) is 4.79 Å². The van der Waals surface area contributed by atoms with Crippen LogP contribution in [0, 0.1) is 5.41 Å². The van der Waals surface area contributed by atoms with Gasteiger partial charge in [-0.15, -0.1) is 0 Å². The van der Waals surface area contributed by atoms with Crippen LogP contribution in [-0.2, 0) is 4.79 Å². The predicted octanol–water partition coefficient (Wildman–Crippen LogP) is 0.213. The lowest BCUT2D eigenvalue weighted by molar-refractivity contribution is -0.136. The SMILES string of the molecule is O=C(O)CCNCC1(CCO)CC1. The summed E-state index contributed by atoms with van der Waals surface area (Å²) in [6, 6.07) is 0. The summed E-state index contributed by atoms with van der Waals surface area (Å²) in [4.78, 5) is 10.2. The summed E-state index contributed by atoms with van der Waals surface area (Å²) in [5.74, 6) is -0.764. The third kappa shape index (κ3) is 3.74. The van der Waals surface area contributed by atoms with Crippen molar-refractivity contribution in [3.8, 4) is 0 Å². The monoisotopic (exact) mass is 187 g/mol. The molecule has 0 atom stereocenters. The Morgan fingerprint density at radius 1 is 1.46 bits per heavy atom. The molecule has 0 spiro atoms. The minimum absolute atomic E-state index is 0.176. The fraction of sp³-hybridized carbons (Fsp3) is 0.889. The smallest absolute Gasteiger partial charge is 0.304 e. The molecule has 1 rings (SSSR count). The first kappa shape index (κ1) is 10.5. The highest BCUT2D eigenvalue weighted by Gasteiger charge is 2.41. The highest BCUT2D eigenvalue weighted by molar-refractivity contribution is 5.66. The molecule has 4 heteroatoms. The molecule has 4 nitrogen and oxygen atoms in total. The number of aliphatic carboxylic acids is 1. The number of carboxylic acid groups (broad SMARTS) is 1. The van der Waals surface area contributed by atoms with Crippen molar-refractivity contribution in [1.82, 2.24) is 5.32 Å². The van der Waals surface area contributed by atoms with Crippen LogP contribution in [0.2, 0.25) is 0 Å². The number of carbonyl (C=O) groups is 1. The maximum absolute atomic E-state index is 10.2. The first-order valence-electron chi connectivity index (χ1n) is 4.72. The Bertz CT molecular complexity index is 178. The summed E-state index contributed by atoms with van der Waals surface area (Å²) in [5.41, 5.74) is 0.285. The van der Waals surface area contributed by atoms with Crippen LogP contribution in [0.1, 0.15) is 25.7 Å². The Labute approximate surface area is 78.0 Å². The predicted molar refractivity (Wildman–Crippen MR) is 48.5 cm³/mol. The zero-order valence-electron chi connectivity index (χ0n) is 7.75. The molecule has 0 amide bonds. The van der Waals surface area contributed by atoms with Crippen LogP contribution in [0.3, 0.4) is 0 Å². The Morgan fingerprint density at radius 2 is 2.15 bits per heavy atom. The maximum Gasteiger partial charge on any atom is 0.304 e. The highest BCUT2D eigenvalue weighted by atomic mass is 16.4. The third-order valence-corrected chi connectivity index (χ3v) is 2.61. The topological polar surface area (TPSA) is 69.6 Å².